The van der Waals surface area contributed by atoms with Gasteiger partial charge in [0.2, 0.25) is 0 Å². The Morgan fingerprint density at radius 1 is 1.55 bits per heavy atom. The number of ketones is 1. The average Bonchev–Trinajstić information content (AvgIpc) is 2.39. The molecule has 0 amide bonds. The van der Waals surface area contributed by atoms with Gasteiger partial charge in [-0.15, -0.1) is 0 Å². The predicted octanol–water partition coefficient (Wildman–Crippen LogP) is 2.18. The fraction of sp³-hybridized carbons (Fsp3) is 0.700. The van der Waals surface area contributed by atoms with Crippen molar-refractivity contribution in [1.29, 1.82) is 0 Å². The monoisotopic (exact) mass is 150 g/mol. The van der Waals surface area contributed by atoms with Crippen LogP contribution in [0.2, 0.25) is 0 Å². The van der Waals surface area contributed by atoms with Gasteiger partial charge in [-0.2, -0.15) is 0 Å². The summed E-state index contributed by atoms with van der Waals surface area (Å²) in [6.07, 6.45) is 2.95. The minimum atomic E-state index is 0.358. The molecule has 0 aromatic heterocycles. The Labute approximate surface area is 67.5 Å². The molecule has 11 heavy (non-hydrogen) atoms. The van der Waals surface area contributed by atoms with Crippen LogP contribution in [0.4, 0.5) is 0 Å². The second kappa shape index (κ2) is 1.77. The number of fused-ring (bicyclic) bond motifs is 1. The van der Waals surface area contributed by atoms with Crippen molar-refractivity contribution in [2.24, 2.45) is 17.3 Å². The van der Waals surface area contributed by atoms with Gasteiger partial charge in [-0.3, -0.25) is 4.79 Å². The summed E-state index contributed by atoms with van der Waals surface area (Å²) in [6, 6.07) is 0. The molecular weight excluding hydrogens is 136 g/mol. The van der Waals surface area contributed by atoms with Crippen molar-refractivity contribution < 1.29 is 4.79 Å². The highest BCUT2D eigenvalue weighted by Crippen LogP contribution is 2.62. The number of carbonyl (C=O) groups is 1. The normalized spacial score (nSPS) is 39.5. The van der Waals surface area contributed by atoms with E-state index in [0.717, 1.165) is 12.0 Å². The summed E-state index contributed by atoms with van der Waals surface area (Å²) in [5, 5.41) is 0. The first-order valence-electron chi connectivity index (χ1n) is 4.25. The van der Waals surface area contributed by atoms with Gasteiger partial charge in [0.1, 0.15) is 0 Å². The third kappa shape index (κ3) is 0.800. The Balaban J connectivity index is 2.28. The molecule has 1 nitrogen and oxygen atoms in total. The number of carbonyl (C=O) groups excluding carboxylic acids is 1. The summed E-state index contributed by atoms with van der Waals surface area (Å²) in [5.74, 6) is 1.70. The molecule has 0 saturated heterocycles. The fourth-order valence-corrected chi connectivity index (χ4v) is 2.23. The van der Waals surface area contributed by atoms with Gasteiger partial charge in [-0.1, -0.05) is 19.9 Å². The van der Waals surface area contributed by atoms with E-state index in [1.807, 2.05) is 6.92 Å². The van der Waals surface area contributed by atoms with Crippen molar-refractivity contribution in [3.63, 3.8) is 0 Å². The third-order valence-electron chi connectivity index (χ3n) is 3.41. The number of allylic oxidation sites excluding steroid dienone is 2. The molecule has 1 saturated carbocycles. The largest absolute Gasteiger partial charge is 0.295 e. The standard InChI is InChI=1S/C10H14O/c1-6-4-7-8(5-9(6)11)10(7,2)3/h4,7-8H,5H2,1-3H3/t7-,8?/m0/s1. The van der Waals surface area contributed by atoms with Crippen LogP contribution in [-0.2, 0) is 4.79 Å². The highest BCUT2D eigenvalue weighted by Gasteiger charge is 2.58. The number of hydrogen-bond acceptors (Lipinski definition) is 1. The van der Waals surface area contributed by atoms with Crippen LogP contribution in [-0.4, -0.2) is 5.78 Å². The quantitative estimate of drug-likeness (QED) is 0.517. The van der Waals surface area contributed by atoms with E-state index in [0.29, 0.717) is 23.0 Å². The van der Waals surface area contributed by atoms with Gasteiger partial charge in [0.05, 0.1) is 0 Å². The summed E-state index contributed by atoms with van der Waals surface area (Å²) in [6.45, 7) is 6.45. The molecule has 0 N–H and O–H groups in total. The van der Waals surface area contributed by atoms with Crippen LogP contribution >= 0.6 is 0 Å². The summed E-state index contributed by atoms with van der Waals surface area (Å²) in [7, 11) is 0. The van der Waals surface area contributed by atoms with Gasteiger partial charge < -0.3 is 0 Å². The lowest BCUT2D eigenvalue weighted by Crippen LogP contribution is -2.06. The Hall–Kier alpha value is -0.590. The van der Waals surface area contributed by atoms with Gasteiger partial charge in [0.15, 0.2) is 5.78 Å². The lowest BCUT2D eigenvalue weighted by atomic mass is 10.00. The van der Waals surface area contributed by atoms with E-state index < -0.39 is 0 Å². The van der Waals surface area contributed by atoms with E-state index in [2.05, 4.69) is 19.9 Å². The van der Waals surface area contributed by atoms with Crippen molar-refractivity contribution in [2.75, 3.05) is 0 Å². The molecule has 0 aliphatic heterocycles. The number of hydrogen-bond donors (Lipinski definition) is 0. The molecule has 0 bridgehead atoms. The van der Waals surface area contributed by atoms with E-state index in [9.17, 15) is 4.79 Å². The second-order valence-electron chi connectivity index (χ2n) is 4.43. The van der Waals surface area contributed by atoms with Crippen LogP contribution in [0.25, 0.3) is 0 Å². The van der Waals surface area contributed by atoms with E-state index in [1.165, 1.54) is 0 Å². The van der Waals surface area contributed by atoms with Gasteiger partial charge in [0, 0.05) is 6.42 Å². The summed E-state index contributed by atoms with van der Waals surface area (Å²) < 4.78 is 0. The maximum Gasteiger partial charge on any atom is 0.158 e. The lowest BCUT2D eigenvalue weighted by Gasteiger charge is -2.04. The Morgan fingerprint density at radius 2 is 2.18 bits per heavy atom. The average molecular weight is 150 g/mol. The Morgan fingerprint density at radius 3 is 2.73 bits per heavy atom. The second-order valence-corrected chi connectivity index (χ2v) is 4.43. The van der Waals surface area contributed by atoms with Crippen LogP contribution < -0.4 is 0 Å². The van der Waals surface area contributed by atoms with Crippen molar-refractivity contribution in [3.8, 4) is 0 Å². The lowest BCUT2D eigenvalue weighted by molar-refractivity contribution is -0.116. The maximum absolute atomic E-state index is 11.3. The SMILES string of the molecule is CC1=C[C@H]2C(CC1=O)C2(C)C. The minimum Gasteiger partial charge on any atom is -0.295 e. The fourth-order valence-electron chi connectivity index (χ4n) is 2.23. The highest BCUT2D eigenvalue weighted by molar-refractivity contribution is 5.96. The molecular formula is C10H14O. The van der Waals surface area contributed by atoms with Crippen molar-refractivity contribution in [3.05, 3.63) is 11.6 Å². The molecule has 60 valence electrons. The first-order valence-corrected chi connectivity index (χ1v) is 4.25. The predicted molar refractivity (Wildman–Crippen MR) is 44.1 cm³/mol. The molecule has 1 unspecified atom stereocenters. The molecule has 1 fully saturated rings. The van der Waals surface area contributed by atoms with Crippen LogP contribution in [0.3, 0.4) is 0 Å². The van der Waals surface area contributed by atoms with Crippen molar-refractivity contribution in [1.82, 2.24) is 0 Å². The Bertz CT molecular complexity index is 248. The molecule has 1 heteroatoms. The molecule has 2 aliphatic rings. The molecule has 0 aromatic rings. The van der Waals surface area contributed by atoms with E-state index >= 15 is 0 Å². The summed E-state index contributed by atoms with van der Waals surface area (Å²) in [4.78, 5) is 11.3. The van der Waals surface area contributed by atoms with E-state index in [4.69, 9.17) is 0 Å². The van der Waals surface area contributed by atoms with Crippen molar-refractivity contribution >= 4 is 5.78 Å². The molecule has 2 atom stereocenters. The molecule has 0 aromatic carbocycles. The Kier molecular flexibility index (Phi) is 1.14. The van der Waals surface area contributed by atoms with Gasteiger partial charge in [-0.25, -0.2) is 0 Å². The first kappa shape index (κ1) is 7.08. The van der Waals surface area contributed by atoms with Crippen molar-refractivity contribution in [2.45, 2.75) is 27.2 Å². The number of Topliss-reactive ketones (excluding diaryl/α,β-unsaturated/α-hetero) is 1. The zero-order valence-corrected chi connectivity index (χ0v) is 7.35. The van der Waals surface area contributed by atoms with Crippen LogP contribution in [0.5, 0.6) is 0 Å². The van der Waals surface area contributed by atoms with Crippen LogP contribution in [0.1, 0.15) is 27.2 Å². The van der Waals surface area contributed by atoms with Gasteiger partial charge >= 0.3 is 0 Å². The molecule has 2 rings (SSSR count). The first-order chi connectivity index (χ1) is 5.03. The van der Waals surface area contributed by atoms with E-state index in [-0.39, 0.29) is 0 Å². The summed E-state index contributed by atoms with van der Waals surface area (Å²) >= 11 is 0. The molecule has 0 radical (unpaired) electrons. The molecule has 0 heterocycles. The van der Waals surface area contributed by atoms with Crippen LogP contribution in [0.15, 0.2) is 11.6 Å². The zero-order chi connectivity index (χ0) is 8.22. The van der Waals surface area contributed by atoms with Gasteiger partial charge in [-0.05, 0) is 29.7 Å². The third-order valence-corrected chi connectivity index (χ3v) is 3.41. The maximum atomic E-state index is 11.3. The zero-order valence-electron chi connectivity index (χ0n) is 7.35. The van der Waals surface area contributed by atoms with E-state index in [1.54, 1.807) is 0 Å². The molecule has 2 aliphatic carbocycles. The van der Waals surface area contributed by atoms with Crippen LogP contribution in [0, 0.1) is 17.3 Å². The smallest absolute Gasteiger partial charge is 0.158 e. The summed E-state index contributed by atoms with van der Waals surface area (Å²) in [5.41, 5.74) is 1.39. The highest BCUT2D eigenvalue weighted by atomic mass is 16.1. The topological polar surface area (TPSA) is 17.1 Å². The number of rotatable bonds is 0. The molecule has 0 spiro atoms. The minimum absolute atomic E-state index is 0.358. The van der Waals surface area contributed by atoms with Gasteiger partial charge in [0.25, 0.3) is 0 Å².